The minimum Gasteiger partial charge on any atom is -0.481 e. The zero-order chi connectivity index (χ0) is 7.59. The molecule has 1 saturated carbocycles. The summed E-state index contributed by atoms with van der Waals surface area (Å²) in [5.41, 5.74) is 0. The molecule has 4 nitrogen and oxygen atoms in total. The molecule has 5 atom stereocenters. The molecule has 3 fully saturated rings. The van der Waals surface area contributed by atoms with Crippen LogP contribution in [0.3, 0.4) is 0 Å². The molecule has 0 radical (unpaired) electrons. The Balaban J connectivity index is 1.82. The van der Waals surface area contributed by atoms with Crippen LogP contribution >= 0.6 is 0 Å². The summed E-state index contributed by atoms with van der Waals surface area (Å²) in [7, 11) is 0. The highest BCUT2D eigenvalue weighted by Gasteiger charge is 2.66. The third kappa shape index (κ3) is 0.684. The van der Waals surface area contributed by atoms with E-state index >= 15 is 0 Å². The van der Waals surface area contributed by atoms with Gasteiger partial charge in [-0.15, -0.1) is 0 Å². The highest BCUT2D eigenvalue weighted by Crippen LogP contribution is 2.50. The molecule has 0 aromatic carbocycles. The van der Waals surface area contributed by atoms with E-state index in [4.69, 9.17) is 14.6 Å². The molecule has 0 aromatic rings. The van der Waals surface area contributed by atoms with E-state index in [-0.39, 0.29) is 30.3 Å². The van der Waals surface area contributed by atoms with Crippen molar-refractivity contribution < 1.29 is 19.4 Å². The fourth-order valence-corrected chi connectivity index (χ4v) is 1.99. The van der Waals surface area contributed by atoms with Gasteiger partial charge in [0.05, 0.1) is 12.0 Å². The van der Waals surface area contributed by atoms with Crippen LogP contribution in [0, 0.1) is 5.92 Å². The van der Waals surface area contributed by atoms with Crippen LogP contribution in [0.1, 0.15) is 6.42 Å². The van der Waals surface area contributed by atoms with Crippen LogP contribution in [0.15, 0.2) is 0 Å². The molecular weight excluding hydrogens is 148 g/mol. The van der Waals surface area contributed by atoms with Crippen molar-refractivity contribution in [3.05, 3.63) is 0 Å². The first kappa shape index (κ1) is 5.97. The standard InChI is InChI=1S/C7H8O4/c8-7(9)2-1-3-5(10-3)6-4(2)11-6/h2-6H,1H2,(H,8,9). The van der Waals surface area contributed by atoms with Crippen molar-refractivity contribution in [2.75, 3.05) is 0 Å². The summed E-state index contributed by atoms with van der Waals surface area (Å²) in [6, 6.07) is 0. The van der Waals surface area contributed by atoms with Gasteiger partial charge >= 0.3 is 5.97 Å². The van der Waals surface area contributed by atoms with Crippen molar-refractivity contribution in [2.24, 2.45) is 5.92 Å². The predicted molar refractivity (Wildman–Crippen MR) is 33.1 cm³/mol. The van der Waals surface area contributed by atoms with Gasteiger partial charge in [0.25, 0.3) is 0 Å². The monoisotopic (exact) mass is 156 g/mol. The molecule has 2 saturated heterocycles. The number of carboxylic acid groups (broad SMARTS) is 1. The summed E-state index contributed by atoms with van der Waals surface area (Å²) in [6.45, 7) is 0. The molecule has 2 heterocycles. The Hall–Kier alpha value is -0.610. The SMILES string of the molecule is O=C(O)C1CC2OC2C2OC12. The first-order valence-corrected chi connectivity index (χ1v) is 3.81. The molecular formula is C7H8O4. The first-order chi connectivity index (χ1) is 5.27. The molecule has 0 spiro atoms. The zero-order valence-corrected chi connectivity index (χ0v) is 5.77. The van der Waals surface area contributed by atoms with Crippen molar-refractivity contribution in [3.63, 3.8) is 0 Å². The number of carboxylic acids is 1. The summed E-state index contributed by atoms with van der Waals surface area (Å²) < 4.78 is 10.4. The second-order valence-corrected chi connectivity index (χ2v) is 3.38. The van der Waals surface area contributed by atoms with E-state index in [0.717, 1.165) is 0 Å². The van der Waals surface area contributed by atoms with Gasteiger partial charge in [-0.3, -0.25) is 4.79 Å². The third-order valence-electron chi connectivity index (χ3n) is 2.71. The second-order valence-electron chi connectivity index (χ2n) is 3.38. The lowest BCUT2D eigenvalue weighted by Crippen LogP contribution is -2.28. The molecule has 5 unspecified atom stereocenters. The Morgan fingerprint density at radius 3 is 2.82 bits per heavy atom. The van der Waals surface area contributed by atoms with Gasteiger partial charge in [0.1, 0.15) is 18.3 Å². The van der Waals surface area contributed by atoms with Crippen molar-refractivity contribution >= 4 is 5.97 Å². The topological polar surface area (TPSA) is 62.4 Å². The van der Waals surface area contributed by atoms with Gasteiger partial charge in [-0.25, -0.2) is 0 Å². The minimum absolute atomic E-state index is 0.0451. The van der Waals surface area contributed by atoms with Crippen molar-refractivity contribution in [3.8, 4) is 0 Å². The molecule has 4 heteroatoms. The maximum Gasteiger partial charge on any atom is 0.309 e. The van der Waals surface area contributed by atoms with Gasteiger partial charge in [-0.05, 0) is 6.42 Å². The Labute approximate surface area is 63.1 Å². The summed E-state index contributed by atoms with van der Waals surface area (Å²) in [5, 5.41) is 8.74. The van der Waals surface area contributed by atoms with Gasteiger partial charge in [0.2, 0.25) is 0 Å². The molecule has 0 aromatic heterocycles. The molecule has 2 aliphatic heterocycles. The normalized spacial score (nSPS) is 57.6. The lowest BCUT2D eigenvalue weighted by atomic mass is 9.89. The number of ether oxygens (including phenoxy) is 2. The van der Waals surface area contributed by atoms with Crippen molar-refractivity contribution in [2.45, 2.75) is 30.8 Å². The van der Waals surface area contributed by atoms with Gasteiger partial charge in [0, 0.05) is 0 Å². The van der Waals surface area contributed by atoms with Crippen LogP contribution in [0.4, 0.5) is 0 Å². The molecule has 3 aliphatic rings. The lowest BCUT2D eigenvalue weighted by Gasteiger charge is -2.09. The average molecular weight is 156 g/mol. The van der Waals surface area contributed by atoms with Crippen LogP contribution in [0.5, 0.6) is 0 Å². The molecule has 0 amide bonds. The van der Waals surface area contributed by atoms with E-state index in [0.29, 0.717) is 6.42 Å². The van der Waals surface area contributed by atoms with Crippen LogP contribution in [-0.2, 0) is 14.3 Å². The number of aliphatic carboxylic acids is 1. The van der Waals surface area contributed by atoms with Crippen LogP contribution in [0.25, 0.3) is 0 Å². The summed E-state index contributed by atoms with van der Waals surface area (Å²) >= 11 is 0. The Bertz CT molecular complexity index is 226. The second kappa shape index (κ2) is 1.59. The van der Waals surface area contributed by atoms with Gasteiger partial charge in [-0.2, -0.15) is 0 Å². The third-order valence-corrected chi connectivity index (χ3v) is 2.71. The minimum atomic E-state index is -0.744. The quantitative estimate of drug-likeness (QED) is 0.526. The van der Waals surface area contributed by atoms with E-state index in [9.17, 15) is 4.79 Å². The van der Waals surface area contributed by atoms with E-state index in [1.165, 1.54) is 0 Å². The van der Waals surface area contributed by atoms with Crippen LogP contribution in [0.2, 0.25) is 0 Å². The number of hydrogen-bond acceptors (Lipinski definition) is 3. The maximum absolute atomic E-state index is 10.6. The van der Waals surface area contributed by atoms with E-state index in [1.54, 1.807) is 0 Å². The highest BCUT2D eigenvalue weighted by atomic mass is 16.7. The molecule has 0 bridgehead atoms. The Morgan fingerprint density at radius 1 is 1.27 bits per heavy atom. The maximum atomic E-state index is 10.6. The van der Waals surface area contributed by atoms with E-state index in [2.05, 4.69) is 0 Å². The number of rotatable bonds is 1. The van der Waals surface area contributed by atoms with Gasteiger partial charge < -0.3 is 14.6 Å². The molecule has 1 aliphatic carbocycles. The number of fused-ring (bicyclic) bond motifs is 3. The van der Waals surface area contributed by atoms with Crippen LogP contribution < -0.4 is 0 Å². The predicted octanol–water partition coefficient (Wildman–Crippen LogP) is -0.374. The fraction of sp³-hybridized carbons (Fsp3) is 0.857. The number of epoxide rings is 2. The highest BCUT2D eigenvalue weighted by molar-refractivity contribution is 5.72. The molecule has 11 heavy (non-hydrogen) atoms. The summed E-state index contributed by atoms with van der Waals surface area (Å²) in [4.78, 5) is 10.6. The van der Waals surface area contributed by atoms with Gasteiger partial charge in [-0.1, -0.05) is 0 Å². The van der Waals surface area contributed by atoms with Crippen molar-refractivity contribution in [1.82, 2.24) is 0 Å². The van der Waals surface area contributed by atoms with Crippen molar-refractivity contribution in [1.29, 1.82) is 0 Å². The summed E-state index contributed by atoms with van der Waals surface area (Å²) in [6.07, 6.45) is 1.11. The lowest BCUT2D eigenvalue weighted by molar-refractivity contribution is -0.142. The number of carbonyl (C=O) groups is 1. The fourth-order valence-electron chi connectivity index (χ4n) is 1.99. The largest absolute Gasteiger partial charge is 0.481 e. The van der Waals surface area contributed by atoms with Gasteiger partial charge in [0.15, 0.2) is 0 Å². The Kier molecular flexibility index (Phi) is 0.863. The summed E-state index contributed by atoms with van der Waals surface area (Å²) in [5.74, 6) is -1.06. The Morgan fingerprint density at radius 2 is 2.09 bits per heavy atom. The van der Waals surface area contributed by atoms with Crippen LogP contribution in [-0.4, -0.2) is 35.5 Å². The zero-order valence-electron chi connectivity index (χ0n) is 5.77. The smallest absolute Gasteiger partial charge is 0.309 e. The average Bonchev–Trinajstić information content (AvgIpc) is 2.79. The number of hydrogen-bond donors (Lipinski definition) is 1. The van der Waals surface area contributed by atoms with E-state index in [1.807, 2.05) is 0 Å². The first-order valence-electron chi connectivity index (χ1n) is 3.81. The van der Waals surface area contributed by atoms with E-state index < -0.39 is 5.97 Å². The molecule has 3 rings (SSSR count). The molecule has 60 valence electrons. The molecule has 1 N–H and O–H groups in total.